The Morgan fingerprint density at radius 2 is 1.89 bits per heavy atom. The van der Waals surface area contributed by atoms with Gasteiger partial charge in [-0.25, -0.2) is 0 Å². The summed E-state index contributed by atoms with van der Waals surface area (Å²) < 4.78 is 5.56. The lowest BCUT2D eigenvalue weighted by molar-refractivity contribution is -0.149. The highest BCUT2D eigenvalue weighted by atomic mass is 16.5. The Morgan fingerprint density at radius 1 is 1.33 bits per heavy atom. The van der Waals surface area contributed by atoms with E-state index in [1.54, 1.807) is 4.90 Å². The predicted molar refractivity (Wildman–Crippen MR) is 67.3 cm³/mol. The lowest BCUT2D eigenvalue weighted by Crippen LogP contribution is -2.43. The maximum atomic E-state index is 11.9. The van der Waals surface area contributed by atoms with Crippen LogP contribution in [-0.2, 0) is 14.3 Å². The summed E-state index contributed by atoms with van der Waals surface area (Å²) in [7, 11) is 0. The summed E-state index contributed by atoms with van der Waals surface area (Å²) in [6.07, 6.45) is 1.93. The topological polar surface area (TPSA) is 66.8 Å². The van der Waals surface area contributed by atoms with Gasteiger partial charge in [0.25, 0.3) is 0 Å². The third-order valence-corrected chi connectivity index (χ3v) is 3.63. The van der Waals surface area contributed by atoms with Gasteiger partial charge in [0.15, 0.2) is 0 Å². The van der Waals surface area contributed by atoms with Gasteiger partial charge >= 0.3 is 5.97 Å². The van der Waals surface area contributed by atoms with Crippen molar-refractivity contribution in [3.63, 3.8) is 0 Å². The number of hydrogen-bond donors (Lipinski definition) is 1. The van der Waals surface area contributed by atoms with Gasteiger partial charge in [-0.3, -0.25) is 9.59 Å². The van der Waals surface area contributed by atoms with E-state index in [0.717, 1.165) is 6.42 Å². The lowest BCUT2D eigenvalue weighted by atomic mass is 9.97. The average molecular weight is 257 g/mol. The van der Waals surface area contributed by atoms with Gasteiger partial charge in [0.1, 0.15) is 6.61 Å². The van der Waals surface area contributed by atoms with E-state index in [4.69, 9.17) is 9.84 Å². The minimum Gasteiger partial charge on any atom is -0.481 e. The summed E-state index contributed by atoms with van der Waals surface area (Å²) in [5, 5.41) is 8.88. The Morgan fingerprint density at radius 3 is 2.33 bits per heavy atom. The van der Waals surface area contributed by atoms with Crippen molar-refractivity contribution in [1.29, 1.82) is 0 Å². The molecule has 18 heavy (non-hydrogen) atoms. The molecule has 1 amide bonds. The lowest BCUT2D eigenvalue weighted by Gasteiger charge is -2.31. The van der Waals surface area contributed by atoms with Crippen molar-refractivity contribution >= 4 is 11.9 Å². The summed E-state index contributed by atoms with van der Waals surface area (Å²) in [6, 6.07) is 0. The van der Waals surface area contributed by atoms with Gasteiger partial charge in [-0.15, -0.1) is 0 Å². The number of carboxylic acid groups (broad SMARTS) is 1. The van der Waals surface area contributed by atoms with Crippen LogP contribution in [0.15, 0.2) is 0 Å². The third kappa shape index (κ3) is 4.29. The molecular formula is C13H23NO4. The summed E-state index contributed by atoms with van der Waals surface area (Å²) >= 11 is 0. The van der Waals surface area contributed by atoms with Crippen LogP contribution in [0.4, 0.5) is 0 Å². The normalized spacial score (nSPS) is 17.8. The van der Waals surface area contributed by atoms with E-state index in [1.165, 1.54) is 0 Å². The number of likely N-dealkylation sites (tertiary alicyclic amines) is 1. The van der Waals surface area contributed by atoms with Crippen LogP contribution < -0.4 is 0 Å². The van der Waals surface area contributed by atoms with Gasteiger partial charge in [0.2, 0.25) is 5.91 Å². The Balaban J connectivity index is 2.34. The van der Waals surface area contributed by atoms with E-state index in [1.807, 2.05) is 20.8 Å². The van der Waals surface area contributed by atoms with Crippen LogP contribution >= 0.6 is 0 Å². The van der Waals surface area contributed by atoms with Crippen LogP contribution in [-0.4, -0.2) is 47.2 Å². The molecule has 0 saturated carbocycles. The Labute approximate surface area is 108 Å². The van der Waals surface area contributed by atoms with Crippen LogP contribution in [0.3, 0.4) is 0 Å². The molecule has 1 saturated heterocycles. The van der Waals surface area contributed by atoms with Crippen LogP contribution in [0, 0.1) is 5.92 Å². The van der Waals surface area contributed by atoms with Gasteiger partial charge in [-0.05, 0) is 33.1 Å². The second kappa shape index (κ2) is 6.18. The number of nitrogens with zero attached hydrogens (tertiary/aromatic N) is 1. The van der Waals surface area contributed by atoms with E-state index in [0.29, 0.717) is 25.9 Å². The second-order valence-electron chi connectivity index (χ2n) is 5.40. The molecule has 1 fully saturated rings. The molecule has 5 heteroatoms. The van der Waals surface area contributed by atoms with Gasteiger partial charge in [0.05, 0.1) is 11.5 Å². The first kappa shape index (κ1) is 15.0. The smallest absolute Gasteiger partial charge is 0.306 e. The van der Waals surface area contributed by atoms with Crippen LogP contribution in [0.25, 0.3) is 0 Å². The zero-order chi connectivity index (χ0) is 13.8. The number of carbonyl (C=O) groups is 2. The van der Waals surface area contributed by atoms with Crippen molar-refractivity contribution in [2.45, 2.75) is 45.6 Å². The van der Waals surface area contributed by atoms with Crippen LogP contribution in [0.5, 0.6) is 0 Å². The number of ether oxygens (including phenoxy) is 1. The number of carbonyl (C=O) groups excluding carboxylic acids is 1. The monoisotopic (exact) mass is 257 g/mol. The number of piperidine rings is 1. The molecule has 104 valence electrons. The van der Waals surface area contributed by atoms with E-state index in [9.17, 15) is 9.59 Å². The van der Waals surface area contributed by atoms with Crippen molar-refractivity contribution < 1.29 is 19.4 Å². The molecule has 1 aliphatic heterocycles. The van der Waals surface area contributed by atoms with Crippen molar-refractivity contribution in [3.8, 4) is 0 Å². The average Bonchev–Trinajstić information content (AvgIpc) is 2.36. The number of amides is 1. The molecule has 0 aliphatic carbocycles. The van der Waals surface area contributed by atoms with E-state index < -0.39 is 5.97 Å². The maximum absolute atomic E-state index is 11.9. The molecular weight excluding hydrogens is 234 g/mol. The zero-order valence-corrected chi connectivity index (χ0v) is 11.4. The van der Waals surface area contributed by atoms with Crippen LogP contribution in [0.1, 0.15) is 40.0 Å². The molecule has 1 heterocycles. The first-order chi connectivity index (χ1) is 8.35. The van der Waals surface area contributed by atoms with E-state index in [-0.39, 0.29) is 24.0 Å². The first-order valence-electron chi connectivity index (χ1n) is 6.50. The molecule has 0 aromatic heterocycles. The number of aliphatic carboxylic acids is 1. The summed E-state index contributed by atoms with van der Waals surface area (Å²) in [5.41, 5.74) is -0.283. The molecule has 1 N–H and O–H groups in total. The molecule has 0 bridgehead atoms. The largest absolute Gasteiger partial charge is 0.481 e. The van der Waals surface area contributed by atoms with Crippen LogP contribution in [0.2, 0.25) is 0 Å². The highest BCUT2D eigenvalue weighted by molar-refractivity contribution is 5.78. The van der Waals surface area contributed by atoms with Gasteiger partial charge in [-0.1, -0.05) is 6.92 Å². The minimum atomic E-state index is -0.759. The molecule has 0 unspecified atom stereocenters. The third-order valence-electron chi connectivity index (χ3n) is 3.63. The molecule has 0 atom stereocenters. The molecule has 1 rings (SSSR count). The van der Waals surface area contributed by atoms with Crippen molar-refractivity contribution in [3.05, 3.63) is 0 Å². The summed E-state index contributed by atoms with van der Waals surface area (Å²) in [5.74, 6) is -1.10. The molecule has 0 aromatic rings. The second-order valence-corrected chi connectivity index (χ2v) is 5.40. The number of carboxylic acids is 1. The van der Waals surface area contributed by atoms with Crippen molar-refractivity contribution in [2.75, 3.05) is 19.7 Å². The first-order valence-corrected chi connectivity index (χ1v) is 6.50. The Bertz CT molecular complexity index is 306. The van der Waals surface area contributed by atoms with Gasteiger partial charge < -0.3 is 14.7 Å². The highest BCUT2D eigenvalue weighted by Gasteiger charge is 2.27. The van der Waals surface area contributed by atoms with Gasteiger partial charge in [-0.2, -0.15) is 0 Å². The summed E-state index contributed by atoms with van der Waals surface area (Å²) in [4.78, 5) is 24.4. The molecule has 0 spiro atoms. The fourth-order valence-electron chi connectivity index (χ4n) is 1.83. The molecule has 0 radical (unpaired) electrons. The number of rotatable bonds is 5. The summed E-state index contributed by atoms with van der Waals surface area (Å²) in [6.45, 7) is 7.05. The molecule has 5 nitrogen and oxygen atoms in total. The van der Waals surface area contributed by atoms with Gasteiger partial charge in [0, 0.05) is 13.1 Å². The Kier molecular flexibility index (Phi) is 5.14. The standard InChI is InChI=1S/C13H23NO4/c1-4-13(2,3)18-9-11(15)14-7-5-10(6-8-14)12(16)17/h10H,4-9H2,1-3H3,(H,16,17). The van der Waals surface area contributed by atoms with Crippen molar-refractivity contribution in [2.24, 2.45) is 5.92 Å². The SMILES string of the molecule is CCC(C)(C)OCC(=O)N1CCC(C(=O)O)CC1. The predicted octanol–water partition coefficient (Wildman–Crippen LogP) is 1.51. The van der Waals surface area contributed by atoms with E-state index >= 15 is 0 Å². The number of hydrogen-bond acceptors (Lipinski definition) is 3. The zero-order valence-electron chi connectivity index (χ0n) is 11.4. The fourth-order valence-corrected chi connectivity index (χ4v) is 1.83. The van der Waals surface area contributed by atoms with E-state index in [2.05, 4.69) is 0 Å². The van der Waals surface area contributed by atoms with Crippen molar-refractivity contribution in [1.82, 2.24) is 4.90 Å². The minimum absolute atomic E-state index is 0.0413. The Hall–Kier alpha value is -1.10. The quantitative estimate of drug-likeness (QED) is 0.810. The maximum Gasteiger partial charge on any atom is 0.306 e. The molecule has 0 aromatic carbocycles. The highest BCUT2D eigenvalue weighted by Crippen LogP contribution is 2.18. The fraction of sp³-hybridized carbons (Fsp3) is 0.846. The molecule has 1 aliphatic rings.